The topological polar surface area (TPSA) is 105 Å². The van der Waals surface area contributed by atoms with Crippen molar-refractivity contribution in [1.82, 2.24) is 10.6 Å². The number of carbonyl (C=O) groups excluding carboxylic acids is 2. The summed E-state index contributed by atoms with van der Waals surface area (Å²) >= 11 is 0. The Kier molecular flexibility index (Phi) is 7.34. The van der Waals surface area contributed by atoms with Crippen LogP contribution in [0.1, 0.15) is 64.5 Å². The van der Waals surface area contributed by atoms with Gasteiger partial charge < -0.3 is 20.5 Å². The molecule has 0 radical (unpaired) electrons. The maximum Gasteiger partial charge on any atom is 0.407 e. The number of carboxylic acids is 1. The van der Waals surface area contributed by atoms with Crippen molar-refractivity contribution >= 4 is 18.0 Å². The van der Waals surface area contributed by atoms with Crippen LogP contribution in [-0.4, -0.2) is 41.3 Å². The zero-order valence-electron chi connectivity index (χ0n) is 20.5. The summed E-state index contributed by atoms with van der Waals surface area (Å²) in [6.45, 7) is 8.57. The third-order valence-corrected chi connectivity index (χ3v) is 7.14. The highest BCUT2D eigenvalue weighted by molar-refractivity contribution is 5.82. The molecule has 0 saturated heterocycles. The molecule has 2 amide bonds. The number of benzene rings is 2. The number of carbonyl (C=O) groups is 3. The summed E-state index contributed by atoms with van der Waals surface area (Å²) in [5, 5.41) is 15.1. The standard InChI is InChI=1S/C27H34N2O5/c1-6-17(15-23(30)29-27(4,5)26(2,3)24(31)32)28-25(33)34-16-22-20-13-9-7-11-18(20)19-12-8-10-14-21(19)22/h7-14,17,22H,6,15-16H2,1-5H3,(H,28,33)(H,29,30)(H,31,32). The molecule has 1 aliphatic carbocycles. The number of carboxylic acid groups (broad SMARTS) is 1. The fraction of sp³-hybridized carbons (Fsp3) is 0.444. The second-order valence-electron chi connectivity index (χ2n) is 9.88. The molecule has 182 valence electrons. The van der Waals surface area contributed by atoms with Crippen LogP contribution >= 0.6 is 0 Å². The molecule has 1 atom stereocenters. The van der Waals surface area contributed by atoms with Gasteiger partial charge in [-0.05, 0) is 56.4 Å². The molecule has 1 aliphatic rings. The smallest absolute Gasteiger partial charge is 0.407 e. The Morgan fingerprint density at radius 1 is 0.971 bits per heavy atom. The van der Waals surface area contributed by atoms with Gasteiger partial charge in [-0.1, -0.05) is 55.5 Å². The molecular formula is C27H34N2O5. The molecule has 34 heavy (non-hydrogen) atoms. The maximum absolute atomic E-state index is 12.6. The zero-order valence-corrected chi connectivity index (χ0v) is 20.5. The van der Waals surface area contributed by atoms with Gasteiger partial charge in [0.25, 0.3) is 0 Å². The van der Waals surface area contributed by atoms with Gasteiger partial charge in [0.2, 0.25) is 5.91 Å². The van der Waals surface area contributed by atoms with E-state index in [0.717, 1.165) is 22.3 Å². The second-order valence-corrected chi connectivity index (χ2v) is 9.88. The number of hydrogen-bond donors (Lipinski definition) is 3. The van der Waals surface area contributed by atoms with E-state index in [4.69, 9.17) is 4.74 Å². The fourth-order valence-corrected chi connectivity index (χ4v) is 4.15. The lowest BCUT2D eigenvalue weighted by atomic mass is 9.74. The molecule has 0 spiro atoms. The molecule has 0 heterocycles. The van der Waals surface area contributed by atoms with Crippen LogP contribution in [0.5, 0.6) is 0 Å². The van der Waals surface area contributed by atoms with E-state index in [1.54, 1.807) is 27.7 Å². The van der Waals surface area contributed by atoms with Crippen molar-refractivity contribution in [3.63, 3.8) is 0 Å². The fourth-order valence-electron chi connectivity index (χ4n) is 4.15. The SMILES string of the molecule is CCC(CC(=O)NC(C)(C)C(C)(C)C(=O)O)NC(=O)OCC1c2ccccc2-c2ccccc21. The van der Waals surface area contributed by atoms with E-state index in [0.29, 0.717) is 6.42 Å². The van der Waals surface area contributed by atoms with Gasteiger partial charge in [0.05, 0.1) is 5.41 Å². The summed E-state index contributed by atoms with van der Waals surface area (Å²) in [7, 11) is 0. The summed E-state index contributed by atoms with van der Waals surface area (Å²) < 4.78 is 5.58. The highest BCUT2D eigenvalue weighted by Crippen LogP contribution is 2.44. The van der Waals surface area contributed by atoms with Crippen LogP contribution in [0.25, 0.3) is 11.1 Å². The minimum atomic E-state index is -1.16. The Labute approximate surface area is 200 Å². The molecule has 3 N–H and O–H groups in total. The van der Waals surface area contributed by atoms with Crippen molar-refractivity contribution in [2.45, 2.75) is 65.0 Å². The third-order valence-electron chi connectivity index (χ3n) is 7.14. The first-order chi connectivity index (χ1) is 16.0. The van der Waals surface area contributed by atoms with Gasteiger partial charge in [0.15, 0.2) is 0 Å². The van der Waals surface area contributed by atoms with Crippen LogP contribution in [0.2, 0.25) is 0 Å². The summed E-state index contributed by atoms with van der Waals surface area (Å²) in [4.78, 5) is 36.8. The van der Waals surface area contributed by atoms with Gasteiger partial charge in [0, 0.05) is 23.9 Å². The van der Waals surface area contributed by atoms with Crippen molar-refractivity contribution in [2.75, 3.05) is 6.61 Å². The van der Waals surface area contributed by atoms with E-state index in [1.165, 1.54) is 0 Å². The second kappa shape index (κ2) is 9.87. The molecule has 1 unspecified atom stereocenters. The van der Waals surface area contributed by atoms with E-state index in [9.17, 15) is 19.5 Å². The van der Waals surface area contributed by atoms with E-state index in [2.05, 4.69) is 34.9 Å². The maximum atomic E-state index is 12.6. The van der Waals surface area contributed by atoms with Gasteiger partial charge in [-0.3, -0.25) is 9.59 Å². The molecule has 0 bridgehead atoms. The largest absolute Gasteiger partial charge is 0.481 e. The van der Waals surface area contributed by atoms with Crippen LogP contribution in [0.4, 0.5) is 4.79 Å². The first-order valence-electron chi connectivity index (χ1n) is 11.6. The first-order valence-corrected chi connectivity index (χ1v) is 11.6. The van der Waals surface area contributed by atoms with Crippen LogP contribution < -0.4 is 10.6 Å². The lowest BCUT2D eigenvalue weighted by molar-refractivity contribution is -0.151. The average Bonchev–Trinajstić information content (AvgIpc) is 3.10. The number of nitrogens with one attached hydrogen (secondary N) is 2. The van der Waals surface area contributed by atoms with Crippen LogP contribution in [-0.2, 0) is 14.3 Å². The minimum Gasteiger partial charge on any atom is -0.481 e. The van der Waals surface area contributed by atoms with E-state index < -0.39 is 29.1 Å². The van der Waals surface area contributed by atoms with Crippen molar-refractivity contribution in [3.8, 4) is 11.1 Å². The van der Waals surface area contributed by atoms with E-state index in [-0.39, 0.29) is 24.9 Å². The van der Waals surface area contributed by atoms with Crippen LogP contribution in [0.3, 0.4) is 0 Å². The van der Waals surface area contributed by atoms with Crippen molar-refractivity contribution in [3.05, 3.63) is 59.7 Å². The normalized spacial score (nSPS) is 14.0. The number of hydrogen-bond acceptors (Lipinski definition) is 4. The quantitative estimate of drug-likeness (QED) is 0.497. The van der Waals surface area contributed by atoms with Crippen molar-refractivity contribution < 1.29 is 24.2 Å². The van der Waals surface area contributed by atoms with Gasteiger partial charge >= 0.3 is 12.1 Å². The molecule has 0 aliphatic heterocycles. The predicted molar refractivity (Wildman–Crippen MR) is 131 cm³/mol. The summed E-state index contributed by atoms with van der Waals surface area (Å²) in [5.41, 5.74) is 2.43. The lowest BCUT2D eigenvalue weighted by Gasteiger charge is -2.39. The summed E-state index contributed by atoms with van der Waals surface area (Å²) in [6, 6.07) is 15.8. The zero-order chi connectivity index (χ0) is 25.1. The van der Waals surface area contributed by atoms with Crippen LogP contribution in [0, 0.1) is 5.41 Å². The lowest BCUT2D eigenvalue weighted by Crippen LogP contribution is -2.57. The number of fused-ring (bicyclic) bond motifs is 3. The highest BCUT2D eigenvalue weighted by Gasteiger charge is 2.44. The van der Waals surface area contributed by atoms with Crippen LogP contribution in [0.15, 0.2) is 48.5 Å². The molecule has 0 saturated carbocycles. The number of alkyl carbamates (subject to hydrolysis) is 1. The van der Waals surface area contributed by atoms with Gasteiger partial charge in [-0.15, -0.1) is 0 Å². The Morgan fingerprint density at radius 3 is 2.00 bits per heavy atom. The molecule has 2 aromatic carbocycles. The molecule has 7 nitrogen and oxygen atoms in total. The molecule has 2 aromatic rings. The Bertz CT molecular complexity index is 1030. The predicted octanol–water partition coefficient (Wildman–Crippen LogP) is 4.70. The molecular weight excluding hydrogens is 432 g/mol. The van der Waals surface area contributed by atoms with Gasteiger partial charge in [-0.2, -0.15) is 0 Å². The van der Waals surface area contributed by atoms with E-state index in [1.807, 2.05) is 31.2 Å². The van der Waals surface area contributed by atoms with Crippen molar-refractivity contribution in [1.29, 1.82) is 0 Å². The highest BCUT2D eigenvalue weighted by atomic mass is 16.5. The average molecular weight is 467 g/mol. The number of ether oxygens (including phenoxy) is 1. The first kappa shape index (κ1) is 25.3. The molecule has 3 rings (SSSR count). The molecule has 0 fully saturated rings. The molecule has 0 aromatic heterocycles. The third kappa shape index (κ3) is 5.08. The Morgan fingerprint density at radius 2 is 1.50 bits per heavy atom. The van der Waals surface area contributed by atoms with Gasteiger partial charge in [-0.25, -0.2) is 4.79 Å². The Hall–Kier alpha value is -3.35. The minimum absolute atomic E-state index is 0.0276. The van der Waals surface area contributed by atoms with Gasteiger partial charge in [0.1, 0.15) is 6.61 Å². The number of rotatable bonds is 9. The monoisotopic (exact) mass is 466 g/mol. The summed E-state index contributed by atoms with van der Waals surface area (Å²) in [6.07, 6.45) is -0.0214. The van der Waals surface area contributed by atoms with E-state index >= 15 is 0 Å². The number of amides is 2. The summed E-state index contributed by atoms with van der Waals surface area (Å²) in [5.74, 6) is -1.37. The number of aliphatic carboxylic acids is 1. The van der Waals surface area contributed by atoms with Crippen molar-refractivity contribution in [2.24, 2.45) is 5.41 Å². The molecule has 7 heteroatoms. The Balaban J connectivity index is 1.58.